The van der Waals surface area contributed by atoms with Gasteiger partial charge in [0.15, 0.2) is 0 Å². The predicted molar refractivity (Wildman–Crippen MR) is 66.5 cm³/mol. The van der Waals surface area contributed by atoms with Crippen molar-refractivity contribution >= 4 is 0 Å². The van der Waals surface area contributed by atoms with Crippen molar-refractivity contribution in [2.75, 3.05) is 6.61 Å². The highest BCUT2D eigenvalue weighted by atomic mass is 16.3. The van der Waals surface area contributed by atoms with Gasteiger partial charge in [-0.25, -0.2) is 0 Å². The molecule has 0 heterocycles. The normalized spacial score (nSPS) is 47.1. The second-order valence-corrected chi connectivity index (χ2v) is 7.41. The predicted octanol–water partition coefficient (Wildman–Crippen LogP) is 1.70. The molecule has 0 aliphatic heterocycles. The van der Waals surface area contributed by atoms with Crippen LogP contribution in [-0.4, -0.2) is 33.1 Å². The van der Waals surface area contributed by atoms with Gasteiger partial charge in [0.05, 0.1) is 17.8 Å². The van der Waals surface area contributed by atoms with E-state index < -0.39 is 11.2 Å². The van der Waals surface area contributed by atoms with Gasteiger partial charge in [-0.1, -0.05) is 20.8 Å². The van der Waals surface area contributed by atoms with E-state index in [0.717, 1.165) is 12.8 Å². The zero-order chi connectivity index (χ0) is 13.1. The van der Waals surface area contributed by atoms with E-state index in [4.69, 9.17) is 0 Å². The van der Waals surface area contributed by atoms with Gasteiger partial charge in [-0.2, -0.15) is 0 Å². The van der Waals surface area contributed by atoms with Crippen LogP contribution in [0.5, 0.6) is 0 Å². The van der Waals surface area contributed by atoms with Crippen LogP contribution < -0.4 is 0 Å². The number of rotatable bonds is 3. The van der Waals surface area contributed by atoms with E-state index in [2.05, 4.69) is 20.8 Å². The quantitative estimate of drug-likeness (QED) is 0.706. The molecule has 3 nitrogen and oxygen atoms in total. The van der Waals surface area contributed by atoms with E-state index in [1.165, 1.54) is 6.42 Å². The Labute approximate surface area is 104 Å². The summed E-state index contributed by atoms with van der Waals surface area (Å²) < 4.78 is 0. The van der Waals surface area contributed by atoms with Crippen LogP contribution in [0, 0.1) is 16.7 Å². The van der Waals surface area contributed by atoms with Crippen LogP contribution in [-0.2, 0) is 0 Å². The van der Waals surface area contributed by atoms with Crippen molar-refractivity contribution in [2.45, 2.75) is 64.6 Å². The summed E-state index contributed by atoms with van der Waals surface area (Å²) >= 11 is 0. The van der Waals surface area contributed by atoms with Crippen molar-refractivity contribution in [1.29, 1.82) is 0 Å². The molecule has 17 heavy (non-hydrogen) atoms. The summed E-state index contributed by atoms with van der Waals surface area (Å²) in [5.41, 5.74) is -2.37. The Bertz CT molecular complexity index is 317. The van der Waals surface area contributed by atoms with Crippen LogP contribution in [0.1, 0.15) is 53.4 Å². The van der Waals surface area contributed by atoms with Gasteiger partial charge in [0.25, 0.3) is 0 Å². The van der Waals surface area contributed by atoms with Crippen LogP contribution in [0.2, 0.25) is 0 Å². The minimum Gasteiger partial charge on any atom is -0.393 e. The highest BCUT2D eigenvalue weighted by Gasteiger charge is 2.69. The van der Waals surface area contributed by atoms with E-state index >= 15 is 0 Å². The molecule has 0 saturated heterocycles. The van der Waals surface area contributed by atoms with Crippen molar-refractivity contribution in [3.8, 4) is 0 Å². The fourth-order valence-corrected chi connectivity index (χ4v) is 4.40. The summed E-state index contributed by atoms with van der Waals surface area (Å²) in [5.74, 6) is 0.534. The van der Waals surface area contributed by atoms with E-state index in [1.807, 2.05) is 0 Å². The molecule has 0 aromatic heterocycles. The molecule has 0 spiro atoms. The fraction of sp³-hybridized carbons (Fsp3) is 1.00. The summed E-state index contributed by atoms with van der Waals surface area (Å²) in [5, 5.41) is 30.5. The first-order chi connectivity index (χ1) is 7.58. The third kappa shape index (κ3) is 1.59. The van der Waals surface area contributed by atoms with E-state index in [9.17, 15) is 15.3 Å². The van der Waals surface area contributed by atoms with E-state index in [0.29, 0.717) is 5.92 Å². The number of hydrogen-bond donors (Lipinski definition) is 3. The number of aliphatic hydroxyl groups excluding tert-OH is 1. The second-order valence-electron chi connectivity index (χ2n) is 7.41. The first kappa shape index (κ1) is 13.3. The first-order valence-electron chi connectivity index (χ1n) is 6.64. The van der Waals surface area contributed by atoms with Crippen LogP contribution in [0.4, 0.5) is 0 Å². The van der Waals surface area contributed by atoms with Crippen LogP contribution in [0.3, 0.4) is 0 Å². The lowest BCUT2D eigenvalue weighted by Gasteiger charge is -2.53. The Morgan fingerprint density at radius 3 is 2.29 bits per heavy atom. The van der Waals surface area contributed by atoms with Crippen molar-refractivity contribution in [3.05, 3.63) is 0 Å². The molecule has 100 valence electrons. The van der Waals surface area contributed by atoms with Crippen molar-refractivity contribution in [3.63, 3.8) is 0 Å². The van der Waals surface area contributed by atoms with E-state index in [-0.39, 0.29) is 23.9 Å². The molecule has 0 aromatic rings. The zero-order valence-electron chi connectivity index (χ0n) is 11.5. The van der Waals surface area contributed by atoms with Gasteiger partial charge < -0.3 is 15.3 Å². The maximum Gasteiger partial charge on any atom is 0.0877 e. The Balaban J connectivity index is 2.35. The van der Waals surface area contributed by atoms with Crippen molar-refractivity contribution < 1.29 is 15.3 Å². The lowest BCUT2D eigenvalue weighted by atomic mass is 9.57. The minimum atomic E-state index is -1.19. The molecule has 3 heteroatoms. The first-order valence-corrected chi connectivity index (χ1v) is 6.64. The summed E-state index contributed by atoms with van der Waals surface area (Å²) in [7, 11) is 0. The van der Waals surface area contributed by atoms with Gasteiger partial charge in [0.1, 0.15) is 0 Å². The third-order valence-electron chi connectivity index (χ3n) is 5.80. The summed E-state index contributed by atoms with van der Waals surface area (Å²) in [6.07, 6.45) is 3.50. The molecule has 2 fully saturated rings. The van der Waals surface area contributed by atoms with Gasteiger partial charge in [-0.05, 0) is 42.9 Å². The molecular formula is C14H26O3. The van der Waals surface area contributed by atoms with Gasteiger partial charge in [-0.15, -0.1) is 0 Å². The second kappa shape index (κ2) is 3.46. The van der Waals surface area contributed by atoms with E-state index in [1.54, 1.807) is 6.92 Å². The zero-order valence-corrected chi connectivity index (χ0v) is 11.5. The lowest BCUT2D eigenvalue weighted by Crippen LogP contribution is -2.58. The third-order valence-corrected chi connectivity index (χ3v) is 5.80. The minimum absolute atomic E-state index is 0.111. The number of aliphatic hydroxyl groups is 3. The average molecular weight is 242 g/mol. The van der Waals surface area contributed by atoms with Gasteiger partial charge in [0.2, 0.25) is 0 Å². The monoisotopic (exact) mass is 242 g/mol. The lowest BCUT2D eigenvalue weighted by molar-refractivity contribution is -0.184. The van der Waals surface area contributed by atoms with Crippen LogP contribution in [0.25, 0.3) is 0 Å². The van der Waals surface area contributed by atoms with Crippen molar-refractivity contribution in [2.24, 2.45) is 16.7 Å². The maximum atomic E-state index is 11.2. The maximum absolute atomic E-state index is 11.2. The standard InChI is InChI=1S/C14H26O3/c1-11(2)10-5-6-12(3,7-10)14(11,17)8-13(4,16)9-15/h10,15-17H,5-9H2,1-4H3/t10-,12+,13?,14-/m0/s1. The molecule has 2 aliphatic carbocycles. The Kier molecular flexibility index (Phi) is 2.71. The average Bonchev–Trinajstić information content (AvgIpc) is 2.66. The SMILES string of the molecule is CC(O)(CO)C[C@]1(O)C(C)(C)[C@H]2CC[C@]1(C)C2. The highest BCUT2D eigenvalue weighted by Crippen LogP contribution is 2.69. The molecule has 2 rings (SSSR count). The smallest absolute Gasteiger partial charge is 0.0877 e. The molecular weight excluding hydrogens is 216 g/mol. The molecule has 0 radical (unpaired) electrons. The number of fused-ring (bicyclic) bond motifs is 2. The molecule has 2 bridgehead atoms. The molecule has 4 atom stereocenters. The molecule has 2 saturated carbocycles. The Morgan fingerprint density at radius 2 is 1.88 bits per heavy atom. The molecule has 0 amide bonds. The molecule has 3 N–H and O–H groups in total. The number of hydrogen-bond acceptors (Lipinski definition) is 3. The van der Waals surface area contributed by atoms with Gasteiger partial charge in [-0.3, -0.25) is 0 Å². The largest absolute Gasteiger partial charge is 0.393 e. The van der Waals surface area contributed by atoms with Gasteiger partial charge >= 0.3 is 0 Å². The summed E-state index contributed by atoms with van der Waals surface area (Å²) in [6, 6.07) is 0. The molecule has 2 aliphatic rings. The summed E-state index contributed by atoms with van der Waals surface area (Å²) in [4.78, 5) is 0. The molecule has 1 unspecified atom stereocenters. The molecule has 0 aromatic carbocycles. The Morgan fingerprint density at radius 1 is 1.29 bits per heavy atom. The summed E-state index contributed by atoms with van der Waals surface area (Å²) in [6.45, 7) is 7.66. The van der Waals surface area contributed by atoms with Crippen LogP contribution >= 0.6 is 0 Å². The topological polar surface area (TPSA) is 60.7 Å². The highest BCUT2D eigenvalue weighted by molar-refractivity contribution is 5.19. The Hall–Kier alpha value is -0.120. The van der Waals surface area contributed by atoms with Gasteiger partial charge in [0, 0.05) is 6.42 Å². The fourth-order valence-electron chi connectivity index (χ4n) is 4.40. The van der Waals surface area contributed by atoms with Crippen LogP contribution in [0.15, 0.2) is 0 Å². The van der Waals surface area contributed by atoms with Crippen molar-refractivity contribution in [1.82, 2.24) is 0 Å².